The molecule has 1 aromatic heterocycles. The van der Waals surface area contributed by atoms with Crippen molar-refractivity contribution in [3.8, 4) is 0 Å². The summed E-state index contributed by atoms with van der Waals surface area (Å²) in [4.78, 5) is 22.6. The summed E-state index contributed by atoms with van der Waals surface area (Å²) >= 11 is 1.46. The first-order valence-electron chi connectivity index (χ1n) is 4.49. The van der Waals surface area contributed by atoms with Gasteiger partial charge in [-0.15, -0.1) is 11.3 Å². The van der Waals surface area contributed by atoms with E-state index < -0.39 is 24.5 Å². The van der Waals surface area contributed by atoms with Gasteiger partial charge < -0.3 is 15.5 Å². The second kappa shape index (κ2) is 6.04. The molecule has 0 bridgehead atoms. The quantitative estimate of drug-likeness (QED) is 0.648. The van der Waals surface area contributed by atoms with Crippen LogP contribution in [0.25, 0.3) is 6.08 Å². The van der Waals surface area contributed by atoms with Gasteiger partial charge in [-0.1, -0.05) is 6.07 Å². The molecule has 0 aromatic carbocycles. The van der Waals surface area contributed by atoms with Crippen molar-refractivity contribution in [1.82, 2.24) is 5.32 Å². The summed E-state index contributed by atoms with van der Waals surface area (Å²) in [5.41, 5.74) is 0. The Kier molecular flexibility index (Phi) is 4.68. The number of carbonyl (C=O) groups excluding carboxylic acids is 1. The SMILES string of the molecule is O=C(/C=C/c1cccs1)N[C@H](CO)C(=O)O. The van der Waals surface area contributed by atoms with Crippen molar-refractivity contribution in [1.29, 1.82) is 0 Å². The zero-order valence-electron chi connectivity index (χ0n) is 8.29. The largest absolute Gasteiger partial charge is 0.480 e. The third-order valence-corrected chi connectivity index (χ3v) is 2.58. The van der Waals surface area contributed by atoms with E-state index in [2.05, 4.69) is 5.32 Å². The number of thiophene rings is 1. The Morgan fingerprint density at radius 1 is 1.56 bits per heavy atom. The molecule has 0 aliphatic heterocycles. The molecule has 0 radical (unpaired) electrons. The van der Waals surface area contributed by atoms with Crippen LogP contribution in [0.3, 0.4) is 0 Å². The van der Waals surface area contributed by atoms with Crippen LogP contribution in [0.1, 0.15) is 4.88 Å². The van der Waals surface area contributed by atoms with Crippen LogP contribution in [0.5, 0.6) is 0 Å². The molecule has 0 saturated heterocycles. The maximum atomic E-state index is 11.2. The van der Waals surface area contributed by atoms with Crippen LogP contribution in [-0.4, -0.2) is 34.7 Å². The lowest BCUT2D eigenvalue weighted by molar-refractivity contribution is -0.142. The Hall–Kier alpha value is -1.66. The van der Waals surface area contributed by atoms with Crippen LogP contribution in [0.4, 0.5) is 0 Å². The monoisotopic (exact) mass is 241 g/mol. The van der Waals surface area contributed by atoms with Crippen molar-refractivity contribution in [3.05, 3.63) is 28.5 Å². The average molecular weight is 241 g/mol. The highest BCUT2D eigenvalue weighted by molar-refractivity contribution is 7.10. The van der Waals surface area contributed by atoms with E-state index in [0.29, 0.717) is 0 Å². The summed E-state index contributed by atoms with van der Waals surface area (Å²) in [6.07, 6.45) is 2.81. The van der Waals surface area contributed by atoms with Gasteiger partial charge in [-0.2, -0.15) is 0 Å². The topological polar surface area (TPSA) is 86.6 Å². The average Bonchev–Trinajstić information content (AvgIpc) is 2.75. The first kappa shape index (κ1) is 12.4. The number of nitrogens with one attached hydrogen (secondary N) is 1. The Labute approximate surface area is 96.0 Å². The molecule has 0 aliphatic rings. The van der Waals surface area contributed by atoms with E-state index in [-0.39, 0.29) is 0 Å². The van der Waals surface area contributed by atoms with Crippen LogP contribution in [0, 0.1) is 0 Å². The number of carbonyl (C=O) groups is 2. The minimum atomic E-state index is -1.26. The molecule has 0 fully saturated rings. The molecule has 0 aliphatic carbocycles. The van der Waals surface area contributed by atoms with E-state index in [4.69, 9.17) is 10.2 Å². The number of rotatable bonds is 5. The van der Waals surface area contributed by atoms with Crippen molar-refractivity contribution < 1.29 is 19.8 Å². The number of amides is 1. The summed E-state index contributed by atoms with van der Waals surface area (Å²) in [7, 11) is 0. The Bertz CT molecular complexity index is 386. The van der Waals surface area contributed by atoms with Gasteiger partial charge in [0, 0.05) is 11.0 Å². The predicted molar refractivity (Wildman–Crippen MR) is 60.0 cm³/mol. The van der Waals surface area contributed by atoms with Crippen molar-refractivity contribution >= 4 is 29.3 Å². The van der Waals surface area contributed by atoms with Gasteiger partial charge in [0.25, 0.3) is 0 Å². The zero-order chi connectivity index (χ0) is 12.0. The van der Waals surface area contributed by atoms with Crippen LogP contribution in [0.2, 0.25) is 0 Å². The number of hydrogen-bond acceptors (Lipinski definition) is 4. The standard InChI is InChI=1S/C10H11NO4S/c12-6-8(10(14)15)11-9(13)4-3-7-2-1-5-16-7/h1-5,8,12H,6H2,(H,11,13)(H,14,15)/b4-3+/t8-/m1/s1. The third-order valence-electron chi connectivity index (χ3n) is 1.74. The summed E-state index contributed by atoms with van der Waals surface area (Å²) < 4.78 is 0. The zero-order valence-corrected chi connectivity index (χ0v) is 9.11. The fraction of sp³-hybridized carbons (Fsp3) is 0.200. The molecule has 1 atom stereocenters. The van der Waals surface area contributed by atoms with E-state index in [1.54, 1.807) is 6.08 Å². The van der Waals surface area contributed by atoms with Gasteiger partial charge >= 0.3 is 5.97 Å². The molecular formula is C10H11NO4S. The van der Waals surface area contributed by atoms with E-state index in [9.17, 15) is 9.59 Å². The van der Waals surface area contributed by atoms with Crippen molar-refractivity contribution in [2.45, 2.75) is 6.04 Å². The number of aliphatic hydroxyl groups is 1. The number of aliphatic carboxylic acids is 1. The van der Waals surface area contributed by atoms with Crippen molar-refractivity contribution in [2.75, 3.05) is 6.61 Å². The van der Waals surface area contributed by atoms with Gasteiger partial charge in [0.2, 0.25) is 5.91 Å². The number of aliphatic hydroxyl groups excluding tert-OH is 1. The highest BCUT2D eigenvalue weighted by Crippen LogP contribution is 2.09. The van der Waals surface area contributed by atoms with E-state index in [1.807, 2.05) is 17.5 Å². The van der Waals surface area contributed by atoms with Crippen molar-refractivity contribution in [2.24, 2.45) is 0 Å². The lowest BCUT2D eigenvalue weighted by Crippen LogP contribution is -2.42. The second-order valence-corrected chi connectivity index (χ2v) is 3.91. The molecule has 6 heteroatoms. The third kappa shape index (κ3) is 3.84. The fourth-order valence-electron chi connectivity index (χ4n) is 0.949. The fourth-order valence-corrected chi connectivity index (χ4v) is 1.57. The van der Waals surface area contributed by atoms with Crippen LogP contribution in [-0.2, 0) is 9.59 Å². The van der Waals surface area contributed by atoms with E-state index >= 15 is 0 Å². The summed E-state index contributed by atoms with van der Waals surface area (Å²) in [5, 5.41) is 21.3. The molecule has 86 valence electrons. The maximum Gasteiger partial charge on any atom is 0.328 e. The molecule has 3 N–H and O–H groups in total. The Balaban J connectivity index is 2.50. The molecule has 0 unspecified atom stereocenters. The Morgan fingerprint density at radius 3 is 2.81 bits per heavy atom. The minimum absolute atomic E-state index is 0.546. The van der Waals surface area contributed by atoms with E-state index in [0.717, 1.165) is 4.88 Å². The molecular weight excluding hydrogens is 230 g/mol. The molecule has 1 aromatic rings. The van der Waals surface area contributed by atoms with Crippen LogP contribution >= 0.6 is 11.3 Å². The first-order chi connectivity index (χ1) is 7.63. The predicted octanol–water partition coefficient (Wildman–Crippen LogP) is 0.323. The van der Waals surface area contributed by atoms with Crippen molar-refractivity contribution in [3.63, 3.8) is 0 Å². The number of carboxylic acids is 1. The normalized spacial score (nSPS) is 12.6. The molecule has 0 spiro atoms. The van der Waals surface area contributed by atoms with Gasteiger partial charge in [0.15, 0.2) is 6.04 Å². The Morgan fingerprint density at radius 2 is 2.31 bits per heavy atom. The highest BCUT2D eigenvalue weighted by atomic mass is 32.1. The van der Waals surface area contributed by atoms with Gasteiger partial charge in [0.1, 0.15) is 0 Å². The summed E-state index contributed by atoms with van der Waals surface area (Å²) in [6, 6.07) is 2.41. The summed E-state index contributed by atoms with van der Waals surface area (Å²) in [5.74, 6) is -1.81. The lowest BCUT2D eigenvalue weighted by Gasteiger charge is -2.08. The highest BCUT2D eigenvalue weighted by Gasteiger charge is 2.16. The number of hydrogen-bond donors (Lipinski definition) is 3. The van der Waals surface area contributed by atoms with Crippen LogP contribution in [0.15, 0.2) is 23.6 Å². The smallest absolute Gasteiger partial charge is 0.328 e. The van der Waals surface area contributed by atoms with E-state index in [1.165, 1.54) is 17.4 Å². The molecule has 1 amide bonds. The van der Waals surface area contributed by atoms with Gasteiger partial charge in [0.05, 0.1) is 6.61 Å². The first-order valence-corrected chi connectivity index (χ1v) is 5.37. The van der Waals surface area contributed by atoms with Crippen LogP contribution < -0.4 is 5.32 Å². The van der Waals surface area contributed by atoms with Gasteiger partial charge in [-0.25, -0.2) is 4.79 Å². The summed E-state index contributed by atoms with van der Waals surface area (Å²) in [6.45, 7) is -0.631. The molecule has 1 rings (SSSR count). The number of carboxylic acid groups (broad SMARTS) is 1. The molecule has 1 heterocycles. The molecule has 16 heavy (non-hydrogen) atoms. The second-order valence-electron chi connectivity index (χ2n) is 2.93. The van der Waals surface area contributed by atoms with Gasteiger partial charge in [-0.3, -0.25) is 4.79 Å². The lowest BCUT2D eigenvalue weighted by atomic mass is 10.3. The molecule has 5 nitrogen and oxygen atoms in total. The molecule has 0 saturated carbocycles. The maximum absolute atomic E-state index is 11.2. The minimum Gasteiger partial charge on any atom is -0.480 e. The van der Waals surface area contributed by atoms with Gasteiger partial charge in [-0.05, 0) is 17.5 Å².